The quantitative estimate of drug-likeness (QED) is 0.452. The number of rotatable bonds is 6. The lowest BCUT2D eigenvalue weighted by Gasteiger charge is -2.08. The lowest BCUT2D eigenvalue weighted by Crippen LogP contribution is -2.12. The van der Waals surface area contributed by atoms with Crippen molar-refractivity contribution in [2.75, 3.05) is 19.5 Å². The van der Waals surface area contributed by atoms with E-state index in [9.17, 15) is 4.79 Å². The Labute approximate surface area is 173 Å². The molecule has 4 rings (SSSR count). The molecule has 0 unspecified atom stereocenters. The molecule has 1 amide bonds. The number of hydrogen-bond acceptors (Lipinski definition) is 8. The lowest BCUT2D eigenvalue weighted by molar-refractivity contribution is 0.102. The van der Waals surface area contributed by atoms with Crippen LogP contribution in [0.15, 0.2) is 45.8 Å². The molecule has 0 saturated carbocycles. The van der Waals surface area contributed by atoms with Crippen molar-refractivity contribution in [3.63, 3.8) is 0 Å². The molecule has 1 N–H and O–H groups in total. The molecule has 0 aliphatic carbocycles. The monoisotopic (exact) mass is 429 g/mol. The maximum absolute atomic E-state index is 12.5. The number of methoxy groups -OCH3 is 2. The Balaban J connectivity index is 1.53. The molecule has 0 aliphatic heterocycles. The second-order valence-corrected chi connectivity index (χ2v) is 8.10. The molecule has 3 aromatic heterocycles. The summed E-state index contributed by atoms with van der Waals surface area (Å²) in [5.41, 5.74) is 2.90. The molecule has 0 spiro atoms. The smallest absolute Gasteiger partial charge is 0.276 e. The highest BCUT2D eigenvalue weighted by Gasteiger charge is 2.16. The molecule has 0 atom stereocenters. The van der Waals surface area contributed by atoms with Gasteiger partial charge in [-0.1, -0.05) is 0 Å². The minimum absolute atomic E-state index is 0.281. The maximum Gasteiger partial charge on any atom is 0.276 e. The first-order chi connectivity index (χ1) is 13.7. The molecule has 1 aromatic carbocycles. The maximum atomic E-state index is 12.5. The SMILES string of the molecule is COc1ccc(OC)c(-c2csc(NC(=O)c3csc(-c4ccsc4)n3)n2)c1. The van der Waals surface area contributed by atoms with Crippen LogP contribution in [0.5, 0.6) is 11.5 Å². The van der Waals surface area contributed by atoms with Crippen LogP contribution in [0.4, 0.5) is 5.13 Å². The number of nitrogens with zero attached hydrogens (tertiary/aromatic N) is 2. The van der Waals surface area contributed by atoms with Crippen LogP contribution in [0, 0.1) is 0 Å². The molecular weight excluding hydrogens is 414 g/mol. The van der Waals surface area contributed by atoms with Crippen molar-refractivity contribution in [2.24, 2.45) is 0 Å². The number of nitrogens with one attached hydrogen (secondary N) is 1. The zero-order valence-corrected chi connectivity index (χ0v) is 17.4. The Morgan fingerprint density at radius 1 is 1.04 bits per heavy atom. The zero-order chi connectivity index (χ0) is 19.5. The van der Waals surface area contributed by atoms with Gasteiger partial charge in [0, 0.05) is 27.3 Å². The summed E-state index contributed by atoms with van der Waals surface area (Å²) in [5, 5.41) is 11.8. The third-order valence-electron chi connectivity index (χ3n) is 3.91. The van der Waals surface area contributed by atoms with Gasteiger partial charge < -0.3 is 9.47 Å². The van der Waals surface area contributed by atoms with E-state index in [1.165, 1.54) is 22.7 Å². The van der Waals surface area contributed by atoms with Crippen molar-refractivity contribution < 1.29 is 14.3 Å². The molecule has 4 aromatic rings. The van der Waals surface area contributed by atoms with E-state index in [0.717, 1.165) is 16.1 Å². The third-order valence-corrected chi connectivity index (χ3v) is 6.24. The number of amides is 1. The number of carbonyl (C=O) groups is 1. The Bertz CT molecular complexity index is 1100. The van der Waals surface area contributed by atoms with Gasteiger partial charge in [0.2, 0.25) is 0 Å². The van der Waals surface area contributed by atoms with Crippen molar-refractivity contribution in [3.8, 4) is 33.3 Å². The first-order valence-corrected chi connectivity index (χ1v) is 10.9. The van der Waals surface area contributed by atoms with Crippen LogP contribution in [0.3, 0.4) is 0 Å². The van der Waals surface area contributed by atoms with Crippen LogP contribution in [-0.2, 0) is 0 Å². The average molecular weight is 430 g/mol. The highest BCUT2D eigenvalue weighted by atomic mass is 32.1. The predicted octanol–water partition coefficient (Wildman–Crippen LogP) is 5.26. The van der Waals surface area contributed by atoms with E-state index in [-0.39, 0.29) is 5.91 Å². The normalized spacial score (nSPS) is 10.6. The summed E-state index contributed by atoms with van der Waals surface area (Å²) in [4.78, 5) is 21.5. The van der Waals surface area contributed by atoms with Crippen molar-refractivity contribution >= 4 is 45.0 Å². The van der Waals surface area contributed by atoms with Gasteiger partial charge in [0.15, 0.2) is 5.13 Å². The van der Waals surface area contributed by atoms with E-state index in [1.54, 1.807) is 30.9 Å². The molecule has 0 saturated heterocycles. The number of thiazole rings is 2. The second-order valence-electron chi connectivity index (χ2n) is 5.61. The Morgan fingerprint density at radius 3 is 2.68 bits per heavy atom. The summed E-state index contributed by atoms with van der Waals surface area (Å²) >= 11 is 4.39. The number of carbonyl (C=O) groups excluding carboxylic acids is 1. The van der Waals surface area contributed by atoms with Gasteiger partial charge in [-0.25, -0.2) is 9.97 Å². The van der Waals surface area contributed by atoms with Crippen molar-refractivity contribution in [2.45, 2.75) is 0 Å². The first-order valence-electron chi connectivity index (χ1n) is 8.15. The summed E-state index contributed by atoms with van der Waals surface area (Å²) in [7, 11) is 3.21. The predicted molar refractivity (Wildman–Crippen MR) is 114 cm³/mol. The molecule has 6 nitrogen and oxygen atoms in total. The van der Waals surface area contributed by atoms with Crippen LogP contribution in [0.1, 0.15) is 10.5 Å². The zero-order valence-electron chi connectivity index (χ0n) is 15.0. The molecule has 28 heavy (non-hydrogen) atoms. The fraction of sp³-hybridized carbons (Fsp3) is 0.105. The first kappa shape index (κ1) is 18.6. The van der Waals surface area contributed by atoms with Crippen LogP contribution in [0.25, 0.3) is 21.8 Å². The van der Waals surface area contributed by atoms with Gasteiger partial charge in [0.1, 0.15) is 22.2 Å². The van der Waals surface area contributed by atoms with Gasteiger partial charge in [-0.05, 0) is 29.6 Å². The lowest BCUT2D eigenvalue weighted by atomic mass is 10.1. The van der Waals surface area contributed by atoms with Gasteiger partial charge in [-0.15, -0.1) is 22.7 Å². The van der Waals surface area contributed by atoms with E-state index in [4.69, 9.17) is 9.47 Å². The third kappa shape index (κ3) is 3.77. The number of aromatic nitrogens is 2. The standard InChI is InChI=1S/C19H15N3O3S3/c1-24-12-3-4-16(25-2)13(7-12)14-9-28-19(21-14)22-17(23)15-10-27-18(20-15)11-5-6-26-8-11/h3-10H,1-2H3,(H,21,22,23). The van der Waals surface area contributed by atoms with Crippen LogP contribution in [-0.4, -0.2) is 30.1 Å². The highest BCUT2D eigenvalue weighted by Crippen LogP contribution is 2.35. The topological polar surface area (TPSA) is 73.3 Å². The minimum atomic E-state index is -0.281. The molecule has 3 heterocycles. The number of thiophene rings is 1. The Hall–Kier alpha value is -2.75. The molecule has 0 bridgehead atoms. The van der Waals surface area contributed by atoms with Crippen LogP contribution >= 0.6 is 34.0 Å². The van der Waals surface area contributed by atoms with Gasteiger partial charge in [0.25, 0.3) is 5.91 Å². The van der Waals surface area contributed by atoms with Crippen molar-refractivity contribution in [3.05, 3.63) is 51.5 Å². The van der Waals surface area contributed by atoms with E-state index >= 15 is 0 Å². The van der Waals surface area contributed by atoms with Crippen LogP contribution in [0.2, 0.25) is 0 Å². The van der Waals surface area contributed by atoms with Crippen LogP contribution < -0.4 is 14.8 Å². The Morgan fingerprint density at radius 2 is 1.93 bits per heavy atom. The molecule has 0 radical (unpaired) electrons. The molecular formula is C19H15N3O3S3. The Kier molecular flexibility index (Phi) is 5.38. The highest BCUT2D eigenvalue weighted by molar-refractivity contribution is 7.14. The van der Waals surface area contributed by atoms with Gasteiger partial charge in [-0.3, -0.25) is 10.1 Å². The second kappa shape index (κ2) is 8.09. The largest absolute Gasteiger partial charge is 0.497 e. The molecule has 9 heteroatoms. The fourth-order valence-electron chi connectivity index (χ4n) is 2.53. The summed E-state index contributed by atoms with van der Waals surface area (Å²) in [6, 6.07) is 7.49. The minimum Gasteiger partial charge on any atom is -0.497 e. The van der Waals surface area contributed by atoms with Crippen molar-refractivity contribution in [1.82, 2.24) is 9.97 Å². The molecule has 0 fully saturated rings. The fourth-order valence-corrected chi connectivity index (χ4v) is 4.74. The molecule has 0 aliphatic rings. The van der Waals surface area contributed by atoms with E-state index in [1.807, 2.05) is 40.4 Å². The number of hydrogen-bond donors (Lipinski definition) is 1. The summed E-state index contributed by atoms with van der Waals surface area (Å²) in [6.07, 6.45) is 0. The van der Waals surface area contributed by atoms with E-state index < -0.39 is 0 Å². The van der Waals surface area contributed by atoms with E-state index in [0.29, 0.717) is 28.0 Å². The summed E-state index contributed by atoms with van der Waals surface area (Å²) < 4.78 is 10.7. The summed E-state index contributed by atoms with van der Waals surface area (Å²) in [6.45, 7) is 0. The van der Waals surface area contributed by atoms with Gasteiger partial charge in [0.05, 0.1) is 19.9 Å². The van der Waals surface area contributed by atoms with Gasteiger partial charge in [-0.2, -0.15) is 11.3 Å². The average Bonchev–Trinajstić information content (AvgIpc) is 3.48. The number of anilines is 1. The summed E-state index contributed by atoms with van der Waals surface area (Å²) in [5.74, 6) is 1.11. The number of benzene rings is 1. The molecule has 142 valence electrons. The van der Waals surface area contributed by atoms with E-state index in [2.05, 4.69) is 15.3 Å². The number of ether oxygens (including phenoxy) is 2. The van der Waals surface area contributed by atoms with Crippen molar-refractivity contribution in [1.29, 1.82) is 0 Å². The van der Waals surface area contributed by atoms with Gasteiger partial charge >= 0.3 is 0 Å².